The third-order valence-corrected chi connectivity index (χ3v) is 4.54. The molecule has 128 valence electrons. The number of hydrogen-bond acceptors (Lipinski definition) is 4. The molecular formula is C19H23NO3S. The van der Waals surface area contributed by atoms with Gasteiger partial charge < -0.3 is 14.8 Å². The van der Waals surface area contributed by atoms with E-state index in [1.54, 1.807) is 26.0 Å². The van der Waals surface area contributed by atoms with E-state index in [0.717, 1.165) is 17.7 Å². The summed E-state index contributed by atoms with van der Waals surface area (Å²) in [4.78, 5) is 13.1. The molecule has 0 aliphatic rings. The van der Waals surface area contributed by atoms with Crippen molar-refractivity contribution < 1.29 is 14.3 Å². The molecule has 0 saturated carbocycles. The minimum atomic E-state index is 0.0823. The second-order valence-corrected chi connectivity index (χ2v) is 6.37. The fourth-order valence-corrected chi connectivity index (χ4v) is 3.12. The third kappa shape index (κ3) is 5.81. The Morgan fingerprint density at radius 2 is 1.79 bits per heavy atom. The number of rotatable bonds is 9. The van der Waals surface area contributed by atoms with Gasteiger partial charge in [-0.3, -0.25) is 4.79 Å². The van der Waals surface area contributed by atoms with Gasteiger partial charge in [0.15, 0.2) is 11.5 Å². The van der Waals surface area contributed by atoms with Crippen molar-refractivity contribution >= 4 is 17.7 Å². The van der Waals surface area contributed by atoms with Crippen molar-refractivity contribution in [1.29, 1.82) is 0 Å². The lowest BCUT2D eigenvalue weighted by Crippen LogP contribution is -2.25. The minimum absolute atomic E-state index is 0.0823. The molecule has 0 fully saturated rings. The van der Waals surface area contributed by atoms with E-state index in [1.165, 1.54) is 4.90 Å². The van der Waals surface area contributed by atoms with Crippen LogP contribution >= 0.6 is 11.8 Å². The molecule has 0 aliphatic carbocycles. The summed E-state index contributed by atoms with van der Waals surface area (Å²) < 4.78 is 10.5. The highest BCUT2D eigenvalue weighted by atomic mass is 32.2. The maximum absolute atomic E-state index is 11.9. The number of thioether (sulfide) groups is 1. The Kier molecular flexibility index (Phi) is 7.49. The molecule has 0 heterocycles. The van der Waals surface area contributed by atoms with Gasteiger partial charge in [-0.15, -0.1) is 11.8 Å². The molecule has 1 amide bonds. The Morgan fingerprint density at radius 1 is 1.04 bits per heavy atom. The standard InChI is InChI=1S/C19H23NO3S/c1-22-17-9-8-15(14-18(17)23-2)10-12-20-19(21)11-13-24-16-6-4-3-5-7-16/h3-9,14H,10-13H2,1-2H3,(H,20,21). The summed E-state index contributed by atoms with van der Waals surface area (Å²) in [5.74, 6) is 2.29. The molecule has 0 saturated heterocycles. The Hall–Kier alpha value is -2.14. The molecule has 0 bridgehead atoms. The van der Waals surface area contributed by atoms with E-state index in [-0.39, 0.29) is 5.91 Å². The molecule has 1 N–H and O–H groups in total. The van der Waals surface area contributed by atoms with Crippen LogP contribution in [0.4, 0.5) is 0 Å². The van der Waals surface area contributed by atoms with E-state index in [9.17, 15) is 4.79 Å². The van der Waals surface area contributed by atoms with Gasteiger partial charge in [-0.05, 0) is 36.2 Å². The van der Waals surface area contributed by atoms with Crippen LogP contribution < -0.4 is 14.8 Å². The van der Waals surface area contributed by atoms with E-state index >= 15 is 0 Å². The van der Waals surface area contributed by atoms with Crippen LogP contribution in [-0.4, -0.2) is 32.4 Å². The number of benzene rings is 2. The Morgan fingerprint density at radius 3 is 2.50 bits per heavy atom. The van der Waals surface area contributed by atoms with Gasteiger partial charge in [-0.2, -0.15) is 0 Å². The zero-order valence-corrected chi connectivity index (χ0v) is 14.9. The highest BCUT2D eigenvalue weighted by Gasteiger charge is 2.06. The molecule has 5 heteroatoms. The van der Waals surface area contributed by atoms with Gasteiger partial charge in [0, 0.05) is 23.6 Å². The van der Waals surface area contributed by atoms with Crippen LogP contribution in [0.2, 0.25) is 0 Å². The van der Waals surface area contributed by atoms with Crippen LogP contribution in [0.1, 0.15) is 12.0 Å². The van der Waals surface area contributed by atoms with Crippen LogP contribution in [-0.2, 0) is 11.2 Å². The fourth-order valence-electron chi connectivity index (χ4n) is 2.25. The van der Waals surface area contributed by atoms with Crippen LogP contribution in [0.25, 0.3) is 0 Å². The summed E-state index contributed by atoms with van der Waals surface area (Å²) in [7, 11) is 3.24. The van der Waals surface area contributed by atoms with E-state index in [4.69, 9.17) is 9.47 Å². The zero-order valence-electron chi connectivity index (χ0n) is 14.1. The number of ether oxygens (including phenoxy) is 2. The summed E-state index contributed by atoms with van der Waals surface area (Å²) in [5, 5.41) is 2.96. The SMILES string of the molecule is COc1ccc(CCNC(=O)CCSc2ccccc2)cc1OC. The average Bonchev–Trinajstić information content (AvgIpc) is 2.62. The van der Waals surface area contributed by atoms with Crippen molar-refractivity contribution in [2.75, 3.05) is 26.5 Å². The van der Waals surface area contributed by atoms with Gasteiger partial charge >= 0.3 is 0 Å². The lowest BCUT2D eigenvalue weighted by Gasteiger charge is -2.10. The third-order valence-electron chi connectivity index (χ3n) is 3.52. The summed E-state index contributed by atoms with van der Waals surface area (Å²) in [5.41, 5.74) is 1.10. The first-order valence-electron chi connectivity index (χ1n) is 7.88. The molecule has 0 aliphatic heterocycles. The van der Waals surface area contributed by atoms with Crippen molar-refractivity contribution in [3.05, 3.63) is 54.1 Å². The molecule has 2 aromatic carbocycles. The predicted molar refractivity (Wildman–Crippen MR) is 98.0 cm³/mol. The average molecular weight is 345 g/mol. The van der Waals surface area contributed by atoms with Crippen LogP contribution in [0.5, 0.6) is 11.5 Å². The van der Waals surface area contributed by atoms with Gasteiger partial charge in [0.05, 0.1) is 14.2 Å². The molecule has 0 unspecified atom stereocenters. The van der Waals surface area contributed by atoms with Crippen molar-refractivity contribution in [2.24, 2.45) is 0 Å². The largest absolute Gasteiger partial charge is 0.493 e. The minimum Gasteiger partial charge on any atom is -0.493 e. The Bertz CT molecular complexity index is 646. The van der Waals surface area contributed by atoms with Crippen molar-refractivity contribution in [3.63, 3.8) is 0 Å². The van der Waals surface area contributed by atoms with Crippen LogP contribution in [0, 0.1) is 0 Å². The molecule has 0 atom stereocenters. The molecule has 0 spiro atoms. The number of amides is 1. The first-order valence-corrected chi connectivity index (χ1v) is 8.87. The number of carbonyl (C=O) groups is 1. The van der Waals surface area contributed by atoms with E-state index in [2.05, 4.69) is 17.4 Å². The summed E-state index contributed by atoms with van der Waals surface area (Å²) >= 11 is 1.70. The monoisotopic (exact) mass is 345 g/mol. The first-order chi connectivity index (χ1) is 11.7. The van der Waals surface area contributed by atoms with Gasteiger partial charge in [0.25, 0.3) is 0 Å². The smallest absolute Gasteiger partial charge is 0.220 e. The number of methoxy groups -OCH3 is 2. The van der Waals surface area contributed by atoms with Gasteiger partial charge in [-0.1, -0.05) is 24.3 Å². The normalized spacial score (nSPS) is 10.2. The van der Waals surface area contributed by atoms with Crippen molar-refractivity contribution in [2.45, 2.75) is 17.7 Å². The number of hydrogen-bond donors (Lipinski definition) is 1. The second kappa shape index (κ2) is 9.88. The van der Waals surface area contributed by atoms with Crippen LogP contribution in [0.3, 0.4) is 0 Å². The zero-order chi connectivity index (χ0) is 17.2. The quantitative estimate of drug-likeness (QED) is 0.706. The molecule has 2 aromatic rings. The number of carbonyl (C=O) groups excluding carboxylic acids is 1. The molecular weight excluding hydrogens is 322 g/mol. The topological polar surface area (TPSA) is 47.6 Å². The lowest BCUT2D eigenvalue weighted by molar-refractivity contribution is -0.120. The van der Waals surface area contributed by atoms with Crippen molar-refractivity contribution in [3.8, 4) is 11.5 Å². The molecule has 24 heavy (non-hydrogen) atoms. The van der Waals surface area contributed by atoms with E-state index in [1.807, 2.05) is 36.4 Å². The van der Waals surface area contributed by atoms with Gasteiger partial charge in [-0.25, -0.2) is 0 Å². The predicted octanol–water partition coefficient (Wildman–Crippen LogP) is 3.54. The van der Waals surface area contributed by atoms with Gasteiger partial charge in [0.2, 0.25) is 5.91 Å². The molecule has 0 radical (unpaired) electrons. The highest BCUT2D eigenvalue weighted by molar-refractivity contribution is 7.99. The van der Waals surface area contributed by atoms with E-state index < -0.39 is 0 Å². The lowest BCUT2D eigenvalue weighted by atomic mass is 10.1. The maximum Gasteiger partial charge on any atom is 0.220 e. The first kappa shape index (κ1) is 18.2. The second-order valence-electron chi connectivity index (χ2n) is 5.20. The molecule has 0 aromatic heterocycles. The van der Waals surface area contributed by atoms with Gasteiger partial charge in [0.1, 0.15) is 0 Å². The Labute approximate surface area is 147 Å². The molecule has 4 nitrogen and oxygen atoms in total. The van der Waals surface area contributed by atoms with Crippen molar-refractivity contribution in [1.82, 2.24) is 5.32 Å². The number of nitrogens with one attached hydrogen (secondary N) is 1. The molecule has 2 rings (SSSR count). The van der Waals surface area contributed by atoms with E-state index in [0.29, 0.717) is 24.5 Å². The summed E-state index contributed by atoms with van der Waals surface area (Å²) in [6.07, 6.45) is 1.28. The van der Waals surface area contributed by atoms with Crippen LogP contribution in [0.15, 0.2) is 53.4 Å². The Balaban J connectivity index is 1.69. The summed E-state index contributed by atoms with van der Waals surface area (Å²) in [6, 6.07) is 15.9. The maximum atomic E-state index is 11.9. The highest BCUT2D eigenvalue weighted by Crippen LogP contribution is 2.27. The summed E-state index contributed by atoms with van der Waals surface area (Å²) in [6.45, 7) is 0.615. The fraction of sp³-hybridized carbons (Fsp3) is 0.316.